The second-order valence-corrected chi connectivity index (χ2v) is 13.3. The van der Waals surface area contributed by atoms with Crippen LogP contribution in [0, 0.1) is 0 Å². The number of rotatable bonds is 32. The third-order valence-electron chi connectivity index (χ3n) is 8.81. The third kappa shape index (κ3) is 27.7. The highest BCUT2D eigenvalue weighted by molar-refractivity contribution is 5.78. The van der Waals surface area contributed by atoms with Gasteiger partial charge in [-0.05, 0) is 70.6 Å². The molecule has 1 rings (SSSR count). The maximum Gasteiger partial charge on any atom is 0.220 e. The van der Waals surface area contributed by atoms with Crippen molar-refractivity contribution >= 4 is 11.8 Å². The van der Waals surface area contributed by atoms with Gasteiger partial charge in [-0.2, -0.15) is 0 Å². The fraction of sp³-hybridized carbons (Fsp3) is 0.846. The van der Waals surface area contributed by atoms with Crippen LogP contribution >= 0.6 is 0 Å². The minimum Gasteiger partial charge on any atom is -0.351 e. The zero-order valence-electron chi connectivity index (χ0n) is 28.8. The highest BCUT2D eigenvalue weighted by atomic mass is 16.2. The molecule has 1 aliphatic rings. The number of carbonyl (C=O) groups is 2. The summed E-state index contributed by atoms with van der Waals surface area (Å²) in [4.78, 5) is 24.5. The summed E-state index contributed by atoms with van der Waals surface area (Å²) >= 11 is 0. The van der Waals surface area contributed by atoms with Gasteiger partial charge in [0.2, 0.25) is 11.8 Å². The SMILES string of the molecule is CCCCCCCC/C=C\CCCCCCCC(=O)N[C@H]1C[C@H]1NC(=O)CCCCCCC/C=C\CCCCCCCC. The zero-order chi connectivity index (χ0) is 31.1. The lowest BCUT2D eigenvalue weighted by Gasteiger charge is -2.07. The molecule has 1 aliphatic carbocycles. The molecule has 4 nitrogen and oxygen atoms in total. The molecule has 250 valence electrons. The molecule has 0 bridgehead atoms. The van der Waals surface area contributed by atoms with E-state index >= 15 is 0 Å². The van der Waals surface area contributed by atoms with E-state index in [1.54, 1.807) is 0 Å². The fourth-order valence-corrected chi connectivity index (χ4v) is 5.78. The molecule has 0 heterocycles. The van der Waals surface area contributed by atoms with E-state index in [4.69, 9.17) is 0 Å². The fourth-order valence-electron chi connectivity index (χ4n) is 5.78. The largest absolute Gasteiger partial charge is 0.351 e. The molecule has 2 atom stereocenters. The Morgan fingerprint density at radius 2 is 0.721 bits per heavy atom. The lowest BCUT2D eigenvalue weighted by Crippen LogP contribution is -2.34. The van der Waals surface area contributed by atoms with Gasteiger partial charge in [0.05, 0.1) is 12.1 Å². The molecule has 0 unspecified atom stereocenters. The molecular formula is C39H72N2O2. The molecule has 1 saturated carbocycles. The Bertz CT molecular complexity index is 643. The minimum atomic E-state index is 0.147. The molecule has 43 heavy (non-hydrogen) atoms. The summed E-state index contributed by atoms with van der Waals surface area (Å²) in [6, 6.07) is 0.294. The normalized spacial score (nSPS) is 16.3. The van der Waals surface area contributed by atoms with E-state index in [9.17, 15) is 9.59 Å². The van der Waals surface area contributed by atoms with E-state index in [1.807, 2.05) is 0 Å². The molecule has 0 aromatic rings. The summed E-state index contributed by atoms with van der Waals surface area (Å²) in [5, 5.41) is 6.23. The van der Waals surface area contributed by atoms with Gasteiger partial charge in [-0.3, -0.25) is 9.59 Å². The lowest BCUT2D eigenvalue weighted by molar-refractivity contribution is -0.123. The molecule has 0 aromatic carbocycles. The van der Waals surface area contributed by atoms with Crippen LogP contribution in [0.5, 0.6) is 0 Å². The van der Waals surface area contributed by atoms with Crippen LogP contribution in [0.4, 0.5) is 0 Å². The molecule has 0 saturated heterocycles. The van der Waals surface area contributed by atoms with Gasteiger partial charge in [0.25, 0.3) is 0 Å². The van der Waals surface area contributed by atoms with Crippen molar-refractivity contribution in [2.24, 2.45) is 0 Å². The molecule has 0 aliphatic heterocycles. The van der Waals surface area contributed by atoms with Crippen molar-refractivity contribution < 1.29 is 9.59 Å². The van der Waals surface area contributed by atoms with Crippen LogP contribution in [-0.4, -0.2) is 23.9 Å². The van der Waals surface area contributed by atoms with Gasteiger partial charge in [0.1, 0.15) is 0 Å². The molecule has 0 radical (unpaired) electrons. The topological polar surface area (TPSA) is 58.2 Å². The van der Waals surface area contributed by atoms with Crippen molar-refractivity contribution in [1.29, 1.82) is 0 Å². The van der Waals surface area contributed by atoms with Crippen molar-refractivity contribution in [3.63, 3.8) is 0 Å². The predicted octanol–water partition coefficient (Wildman–Crippen LogP) is 11.4. The van der Waals surface area contributed by atoms with Crippen molar-refractivity contribution in [3.05, 3.63) is 24.3 Å². The average molecular weight is 601 g/mol. The van der Waals surface area contributed by atoms with Crippen molar-refractivity contribution in [1.82, 2.24) is 10.6 Å². The van der Waals surface area contributed by atoms with Gasteiger partial charge in [0.15, 0.2) is 0 Å². The lowest BCUT2D eigenvalue weighted by atomic mass is 10.1. The Kier molecular flexibility index (Phi) is 27.9. The summed E-state index contributed by atoms with van der Waals surface area (Å²) in [5.41, 5.74) is 0. The molecule has 1 fully saturated rings. The highest BCUT2D eigenvalue weighted by Crippen LogP contribution is 2.22. The van der Waals surface area contributed by atoms with Gasteiger partial charge in [-0.1, -0.05) is 141 Å². The van der Waals surface area contributed by atoms with Crippen LogP contribution in [0.2, 0.25) is 0 Å². The second-order valence-electron chi connectivity index (χ2n) is 13.3. The number of carbonyl (C=O) groups excluding carboxylic acids is 2. The van der Waals surface area contributed by atoms with E-state index in [0.29, 0.717) is 12.8 Å². The second kappa shape index (κ2) is 30.4. The summed E-state index contributed by atoms with van der Waals surface area (Å²) in [5.74, 6) is 0.299. The Labute approximate surface area is 268 Å². The smallest absolute Gasteiger partial charge is 0.220 e. The van der Waals surface area contributed by atoms with Crippen molar-refractivity contribution in [2.75, 3.05) is 0 Å². The molecule has 2 amide bonds. The third-order valence-corrected chi connectivity index (χ3v) is 8.81. The average Bonchev–Trinajstić information content (AvgIpc) is 3.73. The predicted molar refractivity (Wildman–Crippen MR) is 187 cm³/mol. The number of hydrogen-bond acceptors (Lipinski definition) is 2. The van der Waals surface area contributed by atoms with Crippen LogP contribution in [-0.2, 0) is 9.59 Å². The Hall–Kier alpha value is -1.58. The molecule has 0 spiro atoms. The zero-order valence-corrected chi connectivity index (χ0v) is 28.8. The van der Waals surface area contributed by atoms with Gasteiger partial charge < -0.3 is 10.6 Å². The van der Waals surface area contributed by atoms with Gasteiger partial charge in [0, 0.05) is 12.8 Å². The number of allylic oxidation sites excluding steroid dienone is 4. The highest BCUT2D eigenvalue weighted by Gasteiger charge is 2.39. The van der Waals surface area contributed by atoms with E-state index in [0.717, 1.165) is 32.1 Å². The Balaban J connectivity index is 1.83. The van der Waals surface area contributed by atoms with E-state index in [2.05, 4.69) is 48.8 Å². The van der Waals surface area contributed by atoms with Crippen molar-refractivity contribution in [3.8, 4) is 0 Å². The number of hydrogen-bond donors (Lipinski definition) is 2. The minimum absolute atomic E-state index is 0.147. The van der Waals surface area contributed by atoms with E-state index in [1.165, 1.54) is 141 Å². The molecule has 4 heteroatoms. The molecule has 0 aromatic heterocycles. The van der Waals surface area contributed by atoms with Gasteiger partial charge >= 0.3 is 0 Å². The summed E-state index contributed by atoms with van der Waals surface area (Å²) in [6.07, 6.45) is 44.6. The van der Waals surface area contributed by atoms with E-state index in [-0.39, 0.29) is 23.9 Å². The Morgan fingerprint density at radius 3 is 1.05 bits per heavy atom. The van der Waals surface area contributed by atoms with Crippen molar-refractivity contribution in [2.45, 2.75) is 212 Å². The summed E-state index contributed by atoms with van der Waals surface area (Å²) in [7, 11) is 0. The monoisotopic (exact) mass is 601 g/mol. The summed E-state index contributed by atoms with van der Waals surface area (Å²) < 4.78 is 0. The molecule has 2 N–H and O–H groups in total. The van der Waals surface area contributed by atoms with Crippen LogP contribution in [0.3, 0.4) is 0 Å². The maximum absolute atomic E-state index is 12.3. The number of nitrogens with one attached hydrogen (secondary N) is 2. The van der Waals surface area contributed by atoms with Gasteiger partial charge in [-0.25, -0.2) is 0 Å². The van der Waals surface area contributed by atoms with Crippen LogP contribution in [0.15, 0.2) is 24.3 Å². The first kappa shape index (κ1) is 39.4. The maximum atomic E-state index is 12.3. The first-order chi connectivity index (χ1) is 21.2. The quantitative estimate of drug-likeness (QED) is 0.0596. The van der Waals surface area contributed by atoms with Gasteiger partial charge in [-0.15, -0.1) is 0 Å². The number of amides is 2. The van der Waals surface area contributed by atoms with E-state index < -0.39 is 0 Å². The first-order valence-electron chi connectivity index (χ1n) is 19.1. The number of unbranched alkanes of at least 4 members (excludes halogenated alkanes) is 22. The summed E-state index contributed by atoms with van der Waals surface area (Å²) in [6.45, 7) is 4.54. The van der Waals surface area contributed by atoms with Crippen LogP contribution in [0.25, 0.3) is 0 Å². The van der Waals surface area contributed by atoms with Crippen LogP contribution < -0.4 is 10.6 Å². The Morgan fingerprint density at radius 1 is 0.442 bits per heavy atom. The first-order valence-corrected chi connectivity index (χ1v) is 19.1. The standard InChI is InChI=1S/C39H72N2O2/c1-3-5-7-9-11-13-15-17-19-21-23-25-27-29-31-33-38(42)40-36-35-37(36)41-39(43)34-32-30-28-26-24-22-20-18-16-14-12-10-8-6-4-2/h17-20,36-37H,3-16,21-35H2,1-2H3,(H,40,42)(H,41,43)/b19-17-,20-18-/t36-,37+. The molecular weight excluding hydrogens is 528 g/mol. The van der Waals surface area contributed by atoms with Crippen LogP contribution in [0.1, 0.15) is 200 Å².